The van der Waals surface area contributed by atoms with Gasteiger partial charge in [-0.05, 0) is 57.9 Å². The smallest absolute Gasteiger partial charge is 0.410 e. The fourth-order valence-corrected chi connectivity index (χ4v) is 5.71. The van der Waals surface area contributed by atoms with Gasteiger partial charge >= 0.3 is 6.09 Å². The summed E-state index contributed by atoms with van der Waals surface area (Å²) in [7, 11) is 0. The predicted octanol–water partition coefficient (Wildman–Crippen LogP) is 6.27. The van der Waals surface area contributed by atoms with Gasteiger partial charge in [0.05, 0.1) is 22.7 Å². The minimum Gasteiger partial charge on any atom is -0.444 e. The molecule has 0 spiro atoms. The van der Waals surface area contributed by atoms with Crippen molar-refractivity contribution in [3.8, 4) is 22.4 Å². The number of piperazine rings is 1. The predicted molar refractivity (Wildman–Crippen MR) is 149 cm³/mol. The Morgan fingerprint density at radius 1 is 1.00 bits per heavy atom. The molecule has 10 heteroatoms. The van der Waals surface area contributed by atoms with Crippen molar-refractivity contribution in [2.75, 3.05) is 18.0 Å². The van der Waals surface area contributed by atoms with Crippen LogP contribution in [0.15, 0.2) is 48.5 Å². The number of benzene rings is 2. The third-order valence-electron chi connectivity index (χ3n) is 7.02. The van der Waals surface area contributed by atoms with E-state index in [0.717, 1.165) is 28.8 Å². The van der Waals surface area contributed by atoms with Crippen molar-refractivity contribution in [2.24, 2.45) is 0 Å². The standard InChI is InChI=1S/C28H28Cl2N6O2/c1-16-31-26(34-14-20-13-19(34)15-35(20)27(37)38-28(2,3)4)32-25-23(17-9-11-18(29)12-10-17)24(33-36(16)25)21-7-5-6-8-22(21)30/h5-12,19-20H,13-15H2,1-4H3. The number of nitrogens with zero attached hydrogens (tertiary/aromatic N) is 6. The Labute approximate surface area is 231 Å². The average Bonchev–Trinajstić information content (AvgIpc) is 3.57. The number of ether oxygens (including phenoxy) is 1. The summed E-state index contributed by atoms with van der Waals surface area (Å²) in [6.07, 6.45) is 0.600. The fraction of sp³-hybridized carbons (Fsp3) is 0.357. The Kier molecular flexibility index (Phi) is 6.00. The van der Waals surface area contributed by atoms with Crippen molar-refractivity contribution in [1.29, 1.82) is 0 Å². The number of aryl methyl sites for hydroxylation is 1. The normalized spacial score (nSPS) is 19.0. The Morgan fingerprint density at radius 3 is 2.39 bits per heavy atom. The molecule has 0 aliphatic carbocycles. The maximum Gasteiger partial charge on any atom is 0.410 e. The number of carbonyl (C=O) groups excluding carboxylic acids is 1. The van der Waals surface area contributed by atoms with Gasteiger partial charge in [-0.2, -0.15) is 19.6 Å². The average molecular weight is 551 g/mol. The van der Waals surface area contributed by atoms with E-state index in [1.807, 2.05) is 81.1 Å². The number of halogens is 2. The second-order valence-electron chi connectivity index (χ2n) is 10.8. The van der Waals surface area contributed by atoms with Crippen LogP contribution in [0.5, 0.6) is 0 Å². The molecule has 2 saturated heterocycles. The van der Waals surface area contributed by atoms with Crippen LogP contribution in [0.1, 0.15) is 33.0 Å². The lowest BCUT2D eigenvalue weighted by Gasteiger charge is -2.35. The molecule has 4 aromatic rings. The largest absolute Gasteiger partial charge is 0.444 e. The van der Waals surface area contributed by atoms with Crippen LogP contribution in [0.25, 0.3) is 28.0 Å². The molecule has 6 rings (SSSR count). The van der Waals surface area contributed by atoms with E-state index < -0.39 is 5.60 Å². The van der Waals surface area contributed by atoms with Crippen molar-refractivity contribution in [3.63, 3.8) is 0 Å². The summed E-state index contributed by atoms with van der Waals surface area (Å²) >= 11 is 12.8. The lowest BCUT2D eigenvalue weighted by atomic mass is 10.0. The summed E-state index contributed by atoms with van der Waals surface area (Å²) in [6.45, 7) is 8.82. The number of aromatic nitrogens is 4. The Balaban J connectivity index is 1.42. The van der Waals surface area contributed by atoms with Crippen LogP contribution in [-0.4, -0.2) is 61.3 Å². The van der Waals surface area contributed by atoms with E-state index in [1.54, 1.807) is 4.52 Å². The van der Waals surface area contributed by atoms with E-state index in [-0.39, 0.29) is 18.2 Å². The van der Waals surface area contributed by atoms with Gasteiger partial charge in [0.25, 0.3) is 0 Å². The molecule has 2 unspecified atom stereocenters. The number of hydrogen-bond acceptors (Lipinski definition) is 6. The Morgan fingerprint density at radius 2 is 1.74 bits per heavy atom. The quantitative estimate of drug-likeness (QED) is 0.299. The highest BCUT2D eigenvalue weighted by atomic mass is 35.5. The van der Waals surface area contributed by atoms with Gasteiger partial charge < -0.3 is 14.5 Å². The van der Waals surface area contributed by atoms with E-state index in [2.05, 4.69) is 4.90 Å². The summed E-state index contributed by atoms with van der Waals surface area (Å²) < 4.78 is 7.40. The van der Waals surface area contributed by atoms with Gasteiger partial charge in [-0.25, -0.2) is 4.79 Å². The summed E-state index contributed by atoms with van der Waals surface area (Å²) in [4.78, 5) is 26.7. The number of fused-ring (bicyclic) bond motifs is 3. The number of rotatable bonds is 3. The highest BCUT2D eigenvalue weighted by Gasteiger charge is 2.47. The topological polar surface area (TPSA) is 75.9 Å². The van der Waals surface area contributed by atoms with E-state index in [1.165, 1.54) is 0 Å². The van der Waals surface area contributed by atoms with Gasteiger partial charge in [-0.3, -0.25) is 0 Å². The molecule has 8 nitrogen and oxygen atoms in total. The summed E-state index contributed by atoms with van der Waals surface area (Å²) in [6, 6.07) is 15.5. The first-order chi connectivity index (χ1) is 18.1. The molecular weight excluding hydrogens is 523 g/mol. The van der Waals surface area contributed by atoms with Gasteiger partial charge in [0, 0.05) is 23.7 Å². The molecule has 196 valence electrons. The molecule has 2 aromatic heterocycles. The molecule has 2 aliphatic heterocycles. The molecule has 2 atom stereocenters. The zero-order valence-electron chi connectivity index (χ0n) is 21.7. The van der Waals surface area contributed by atoms with Gasteiger partial charge in [0.2, 0.25) is 5.95 Å². The molecule has 0 saturated carbocycles. The first-order valence-electron chi connectivity index (χ1n) is 12.6. The van der Waals surface area contributed by atoms with E-state index in [0.29, 0.717) is 40.6 Å². The molecular formula is C28H28Cl2N6O2. The minimum absolute atomic E-state index is 0.0642. The van der Waals surface area contributed by atoms with E-state index in [9.17, 15) is 4.79 Å². The van der Waals surface area contributed by atoms with Crippen molar-refractivity contribution in [2.45, 2.75) is 51.8 Å². The number of hydrogen-bond donors (Lipinski definition) is 0. The van der Waals surface area contributed by atoms with Crippen molar-refractivity contribution in [1.82, 2.24) is 24.5 Å². The van der Waals surface area contributed by atoms with E-state index >= 15 is 0 Å². The number of amides is 1. The molecule has 2 fully saturated rings. The monoisotopic (exact) mass is 550 g/mol. The van der Waals surface area contributed by atoms with E-state index in [4.69, 9.17) is 43.0 Å². The second kappa shape index (κ2) is 9.13. The lowest BCUT2D eigenvalue weighted by molar-refractivity contribution is 0.0214. The van der Waals surface area contributed by atoms with Crippen molar-refractivity contribution in [3.05, 3.63) is 64.4 Å². The van der Waals surface area contributed by atoms with Crippen LogP contribution < -0.4 is 4.90 Å². The first kappa shape index (κ1) is 24.9. The molecule has 4 heterocycles. The van der Waals surface area contributed by atoms with Crippen LogP contribution in [0.2, 0.25) is 10.0 Å². The zero-order chi connectivity index (χ0) is 26.8. The fourth-order valence-electron chi connectivity index (χ4n) is 5.36. The highest BCUT2D eigenvalue weighted by molar-refractivity contribution is 6.33. The molecule has 2 aromatic carbocycles. The maximum absolute atomic E-state index is 12.7. The molecule has 0 N–H and O–H groups in total. The zero-order valence-corrected chi connectivity index (χ0v) is 23.2. The van der Waals surface area contributed by atoms with Crippen LogP contribution in [-0.2, 0) is 4.74 Å². The van der Waals surface area contributed by atoms with Gasteiger partial charge in [-0.1, -0.05) is 53.5 Å². The lowest BCUT2D eigenvalue weighted by Crippen LogP contribution is -2.50. The van der Waals surface area contributed by atoms with Crippen LogP contribution >= 0.6 is 23.2 Å². The summed E-state index contributed by atoms with van der Waals surface area (Å²) in [5, 5.41) is 6.17. The summed E-state index contributed by atoms with van der Waals surface area (Å²) in [5.74, 6) is 1.34. The Hall–Kier alpha value is -3.36. The van der Waals surface area contributed by atoms with Crippen molar-refractivity contribution >= 4 is 40.9 Å². The molecule has 2 bridgehead atoms. The Bertz CT molecular complexity index is 1550. The number of carbonyl (C=O) groups is 1. The van der Waals surface area contributed by atoms with Crippen LogP contribution in [0.4, 0.5) is 10.7 Å². The third kappa shape index (κ3) is 4.35. The molecule has 2 aliphatic rings. The highest BCUT2D eigenvalue weighted by Crippen LogP contribution is 2.40. The first-order valence-corrected chi connectivity index (χ1v) is 13.4. The third-order valence-corrected chi connectivity index (χ3v) is 7.60. The summed E-state index contributed by atoms with van der Waals surface area (Å²) in [5.41, 5.74) is 3.51. The molecule has 0 radical (unpaired) electrons. The van der Waals surface area contributed by atoms with Gasteiger partial charge in [0.15, 0.2) is 5.65 Å². The number of anilines is 1. The van der Waals surface area contributed by atoms with Gasteiger partial charge in [-0.15, -0.1) is 0 Å². The minimum atomic E-state index is -0.525. The molecule has 38 heavy (non-hydrogen) atoms. The van der Waals surface area contributed by atoms with Crippen molar-refractivity contribution < 1.29 is 9.53 Å². The van der Waals surface area contributed by atoms with Crippen LogP contribution in [0, 0.1) is 6.92 Å². The van der Waals surface area contributed by atoms with Crippen LogP contribution in [0.3, 0.4) is 0 Å². The maximum atomic E-state index is 12.7. The van der Waals surface area contributed by atoms with Gasteiger partial charge in [0.1, 0.15) is 17.1 Å². The second-order valence-corrected chi connectivity index (χ2v) is 11.7. The SMILES string of the molecule is Cc1nc(N2CC3CC2CN3C(=O)OC(C)(C)C)nc2c(-c3ccc(Cl)cc3)c(-c3ccccc3Cl)nn12. The molecule has 1 amide bonds. The number of likely N-dealkylation sites (tertiary alicyclic amines) is 1.